The second-order valence-corrected chi connectivity index (χ2v) is 4.93. The van der Waals surface area contributed by atoms with Crippen LogP contribution in [0, 0.1) is 0 Å². The molecule has 0 spiro atoms. The van der Waals surface area contributed by atoms with Crippen LogP contribution in [-0.4, -0.2) is 47.0 Å². The first kappa shape index (κ1) is 14.1. The van der Waals surface area contributed by atoms with Gasteiger partial charge < -0.3 is 15.4 Å². The number of anilines is 1. The fourth-order valence-corrected chi connectivity index (χ4v) is 2.24. The first-order valence-corrected chi connectivity index (χ1v) is 7.00. The fraction of sp³-hybridized carbons (Fsp3) is 0.769. The monoisotopic (exact) mass is 265 g/mol. The summed E-state index contributed by atoms with van der Waals surface area (Å²) in [4.78, 5) is 6.75. The summed E-state index contributed by atoms with van der Waals surface area (Å²) < 4.78 is 5.65. The van der Waals surface area contributed by atoms with Crippen molar-refractivity contribution in [3.8, 4) is 0 Å². The van der Waals surface area contributed by atoms with Gasteiger partial charge in [0, 0.05) is 19.1 Å². The predicted octanol–water partition coefficient (Wildman–Crippen LogP) is 0.549. The Labute approximate surface area is 114 Å². The second-order valence-electron chi connectivity index (χ2n) is 4.93. The summed E-state index contributed by atoms with van der Waals surface area (Å²) in [5.41, 5.74) is 7.93. The molecular weight excluding hydrogens is 242 g/mol. The van der Waals surface area contributed by atoms with E-state index in [1.165, 1.54) is 0 Å². The third kappa shape index (κ3) is 3.19. The molecule has 0 bridgehead atoms. The van der Waals surface area contributed by atoms with Crippen molar-refractivity contribution in [2.24, 2.45) is 5.73 Å². The lowest BCUT2D eigenvalue weighted by molar-refractivity contribution is 0.0270. The molecule has 2 rings (SSSR count). The summed E-state index contributed by atoms with van der Waals surface area (Å²) in [6, 6.07) is 0.0105. The van der Waals surface area contributed by atoms with E-state index in [1.54, 1.807) is 0 Å². The van der Waals surface area contributed by atoms with Crippen molar-refractivity contribution in [2.75, 3.05) is 24.6 Å². The molecule has 2 heterocycles. The van der Waals surface area contributed by atoms with Crippen LogP contribution in [0.15, 0.2) is 0 Å². The number of ether oxygens (including phenoxy) is 1. The van der Waals surface area contributed by atoms with E-state index >= 15 is 0 Å². The Morgan fingerprint density at radius 1 is 1.32 bits per heavy atom. The zero-order chi connectivity index (χ0) is 13.8. The molecule has 2 atom stereocenters. The molecule has 1 fully saturated rings. The molecule has 106 valence electrons. The number of aromatic nitrogens is 3. The van der Waals surface area contributed by atoms with E-state index in [0.717, 1.165) is 37.3 Å². The van der Waals surface area contributed by atoms with Crippen molar-refractivity contribution < 1.29 is 4.74 Å². The van der Waals surface area contributed by atoms with Crippen molar-refractivity contribution in [3.63, 3.8) is 0 Å². The molecule has 0 aromatic carbocycles. The Morgan fingerprint density at radius 2 is 2.05 bits per heavy atom. The van der Waals surface area contributed by atoms with Crippen LogP contribution < -0.4 is 10.6 Å². The van der Waals surface area contributed by atoms with Crippen LogP contribution >= 0.6 is 0 Å². The van der Waals surface area contributed by atoms with Crippen LogP contribution in [-0.2, 0) is 17.6 Å². The minimum atomic E-state index is 0.0105. The molecule has 0 amide bonds. The van der Waals surface area contributed by atoms with Crippen LogP contribution in [0.4, 0.5) is 5.95 Å². The number of hydrogen-bond acceptors (Lipinski definition) is 6. The molecule has 0 radical (unpaired) electrons. The predicted molar refractivity (Wildman–Crippen MR) is 74.2 cm³/mol. The van der Waals surface area contributed by atoms with E-state index < -0.39 is 0 Å². The maximum atomic E-state index is 5.90. The zero-order valence-electron chi connectivity index (χ0n) is 12.0. The van der Waals surface area contributed by atoms with Crippen molar-refractivity contribution in [1.29, 1.82) is 0 Å². The molecule has 2 unspecified atom stereocenters. The lowest BCUT2D eigenvalue weighted by Gasteiger charge is -2.34. The minimum absolute atomic E-state index is 0.0105. The van der Waals surface area contributed by atoms with E-state index in [4.69, 9.17) is 10.5 Å². The van der Waals surface area contributed by atoms with E-state index in [9.17, 15) is 0 Å². The lowest BCUT2D eigenvalue weighted by atomic mass is 10.1. The third-order valence-electron chi connectivity index (χ3n) is 3.46. The number of rotatable bonds is 4. The molecule has 0 saturated carbocycles. The van der Waals surface area contributed by atoms with E-state index in [1.807, 2.05) is 6.92 Å². The molecule has 0 aliphatic carbocycles. The summed E-state index contributed by atoms with van der Waals surface area (Å²) in [6.45, 7) is 8.31. The molecule has 6 nitrogen and oxygen atoms in total. The Balaban J connectivity index is 2.17. The number of aryl methyl sites for hydroxylation is 2. The molecular formula is C13H23N5O. The highest BCUT2D eigenvalue weighted by Crippen LogP contribution is 2.15. The van der Waals surface area contributed by atoms with Gasteiger partial charge in [0.15, 0.2) is 0 Å². The van der Waals surface area contributed by atoms with Gasteiger partial charge in [0.1, 0.15) is 0 Å². The zero-order valence-corrected chi connectivity index (χ0v) is 12.0. The highest BCUT2D eigenvalue weighted by Gasteiger charge is 2.25. The van der Waals surface area contributed by atoms with Gasteiger partial charge in [-0.25, -0.2) is 4.98 Å². The summed E-state index contributed by atoms with van der Waals surface area (Å²) in [7, 11) is 0. The van der Waals surface area contributed by atoms with Crippen molar-refractivity contribution in [3.05, 3.63) is 11.4 Å². The second kappa shape index (κ2) is 6.25. The molecule has 1 aliphatic heterocycles. The maximum absolute atomic E-state index is 5.90. The van der Waals surface area contributed by atoms with Crippen LogP contribution in [0.25, 0.3) is 0 Å². The lowest BCUT2D eigenvalue weighted by Crippen LogP contribution is -2.50. The van der Waals surface area contributed by atoms with Gasteiger partial charge >= 0.3 is 0 Å². The van der Waals surface area contributed by atoms with Gasteiger partial charge in [-0.2, -0.15) is 5.10 Å². The molecule has 2 N–H and O–H groups in total. The van der Waals surface area contributed by atoms with Crippen LogP contribution in [0.3, 0.4) is 0 Å². The normalized spacial score (nSPS) is 21.5. The van der Waals surface area contributed by atoms with E-state index in [-0.39, 0.29) is 12.1 Å². The highest BCUT2D eigenvalue weighted by molar-refractivity contribution is 5.31. The van der Waals surface area contributed by atoms with Gasteiger partial charge in [-0.1, -0.05) is 13.8 Å². The average molecular weight is 265 g/mol. The molecule has 1 aliphatic rings. The topological polar surface area (TPSA) is 77.2 Å². The van der Waals surface area contributed by atoms with Gasteiger partial charge in [-0.15, -0.1) is 5.10 Å². The Hall–Kier alpha value is -1.27. The number of morpholine rings is 1. The molecule has 19 heavy (non-hydrogen) atoms. The molecule has 1 aromatic rings. The van der Waals surface area contributed by atoms with Gasteiger partial charge in [0.2, 0.25) is 5.95 Å². The maximum Gasteiger partial charge on any atom is 0.245 e. The summed E-state index contributed by atoms with van der Waals surface area (Å²) in [6.07, 6.45) is 1.79. The minimum Gasteiger partial charge on any atom is -0.373 e. The number of nitrogens with two attached hydrogens (primary N) is 1. The number of nitrogens with zero attached hydrogens (tertiary/aromatic N) is 4. The fourth-order valence-electron chi connectivity index (χ4n) is 2.24. The average Bonchev–Trinajstić information content (AvgIpc) is 2.46. The summed E-state index contributed by atoms with van der Waals surface area (Å²) >= 11 is 0. The molecule has 6 heteroatoms. The third-order valence-corrected chi connectivity index (χ3v) is 3.46. The van der Waals surface area contributed by atoms with Gasteiger partial charge in [0.25, 0.3) is 0 Å². The number of hydrogen-bond donors (Lipinski definition) is 1. The van der Waals surface area contributed by atoms with Crippen molar-refractivity contribution >= 4 is 5.95 Å². The first-order chi connectivity index (χ1) is 9.15. The van der Waals surface area contributed by atoms with Crippen molar-refractivity contribution in [2.45, 2.75) is 45.8 Å². The summed E-state index contributed by atoms with van der Waals surface area (Å²) in [5.74, 6) is 0.697. The van der Waals surface area contributed by atoms with Crippen LogP contribution in [0.2, 0.25) is 0 Å². The van der Waals surface area contributed by atoms with Gasteiger partial charge in [-0.05, 0) is 19.8 Å². The molecule has 1 aromatic heterocycles. The molecule has 1 saturated heterocycles. The largest absolute Gasteiger partial charge is 0.373 e. The smallest absolute Gasteiger partial charge is 0.245 e. The van der Waals surface area contributed by atoms with Crippen molar-refractivity contribution in [1.82, 2.24) is 15.2 Å². The Kier molecular flexibility index (Phi) is 4.66. The van der Waals surface area contributed by atoms with Crippen LogP contribution in [0.1, 0.15) is 32.2 Å². The first-order valence-electron chi connectivity index (χ1n) is 7.00. The Bertz CT molecular complexity index is 423. The summed E-state index contributed by atoms with van der Waals surface area (Å²) in [5, 5.41) is 8.53. The standard InChI is InChI=1S/C13H23N5O/c1-4-10-11(5-2)16-17-13(15-10)18-6-7-19-12(8-18)9(3)14/h9,12H,4-8,14H2,1-3H3. The quantitative estimate of drug-likeness (QED) is 0.856. The SMILES string of the molecule is CCc1nnc(N2CCOC(C(C)N)C2)nc1CC. The van der Waals surface area contributed by atoms with Crippen LogP contribution in [0.5, 0.6) is 0 Å². The van der Waals surface area contributed by atoms with E-state index in [2.05, 4.69) is 33.9 Å². The van der Waals surface area contributed by atoms with Gasteiger partial charge in [0.05, 0.1) is 24.1 Å². The van der Waals surface area contributed by atoms with E-state index in [0.29, 0.717) is 12.6 Å². The van der Waals surface area contributed by atoms with Gasteiger partial charge in [-0.3, -0.25) is 0 Å². The Morgan fingerprint density at radius 3 is 2.68 bits per heavy atom. The highest BCUT2D eigenvalue weighted by atomic mass is 16.5.